The number of para-hydroxylation sites is 2. The molecule has 0 aliphatic heterocycles. The van der Waals surface area contributed by atoms with Crippen molar-refractivity contribution in [1.29, 1.82) is 5.26 Å². The summed E-state index contributed by atoms with van der Waals surface area (Å²) in [6, 6.07) is 17.3. The van der Waals surface area contributed by atoms with Crippen LogP contribution in [0.2, 0.25) is 0 Å². The minimum atomic E-state index is -0.639. The van der Waals surface area contributed by atoms with Crippen LogP contribution in [0.4, 0.5) is 0 Å². The van der Waals surface area contributed by atoms with Crippen molar-refractivity contribution in [3.05, 3.63) is 59.9 Å². The van der Waals surface area contributed by atoms with Crippen LogP contribution in [-0.4, -0.2) is 27.4 Å². The zero-order valence-electron chi connectivity index (χ0n) is 13.5. The summed E-state index contributed by atoms with van der Waals surface area (Å²) in [4.78, 5) is 4.50. The number of hydrogen-bond donors (Lipinski definition) is 1. The summed E-state index contributed by atoms with van der Waals surface area (Å²) in [6.07, 6.45) is -0.254. The quantitative estimate of drug-likeness (QED) is 0.758. The summed E-state index contributed by atoms with van der Waals surface area (Å²) in [5.74, 6) is 1.55. The number of aliphatic hydroxyl groups is 1. The molecule has 0 amide bonds. The highest BCUT2D eigenvalue weighted by atomic mass is 16.5. The van der Waals surface area contributed by atoms with E-state index >= 15 is 0 Å². The van der Waals surface area contributed by atoms with Gasteiger partial charge in [0.15, 0.2) is 0 Å². The standard InChI is InChI=1S/C19H19N3O2/c1-14-21-18-4-2-3-5-19(18)22(14)12-16(23)13-24-17-8-6-15(7-9-17)10-11-20/h2-9,16,23H,10,12-13H2,1H3. The highest BCUT2D eigenvalue weighted by Crippen LogP contribution is 2.17. The van der Waals surface area contributed by atoms with Gasteiger partial charge >= 0.3 is 0 Å². The lowest BCUT2D eigenvalue weighted by Crippen LogP contribution is -2.24. The second-order valence-electron chi connectivity index (χ2n) is 5.70. The first kappa shape index (κ1) is 16.0. The van der Waals surface area contributed by atoms with Gasteiger partial charge in [-0.1, -0.05) is 24.3 Å². The van der Waals surface area contributed by atoms with Crippen LogP contribution in [0.1, 0.15) is 11.4 Å². The van der Waals surface area contributed by atoms with E-state index in [4.69, 9.17) is 10.00 Å². The Morgan fingerprint density at radius 2 is 1.96 bits per heavy atom. The third-order valence-corrected chi connectivity index (χ3v) is 3.89. The fourth-order valence-corrected chi connectivity index (χ4v) is 2.68. The Balaban J connectivity index is 1.62. The second-order valence-corrected chi connectivity index (χ2v) is 5.70. The van der Waals surface area contributed by atoms with Gasteiger partial charge in [0, 0.05) is 0 Å². The Hall–Kier alpha value is -2.84. The van der Waals surface area contributed by atoms with Gasteiger partial charge in [0.1, 0.15) is 24.3 Å². The first-order valence-electron chi connectivity index (χ1n) is 7.86. The summed E-state index contributed by atoms with van der Waals surface area (Å²) in [6.45, 7) is 2.56. The van der Waals surface area contributed by atoms with Crippen molar-refractivity contribution in [1.82, 2.24) is 9.55 Å². The molecule has 0 aliphatic rings. The number of benzene rings is 2. The van der Waals surface area contributed by atoms with Crippen molar-refractivity contribution >= 4 is 11.0 Å². The number of nitrogens with zero attached hydrogens (tertiary/aromatic N) is 3. The van der Waals surface area contributed by atoms with Gasteiger partial charge in [-0.25, -0.2) is 4.98 Å². The molecule has 0 saturated heterocycles. The van der Waals surface area contributed by atoms with Gasteiger partial charge in [0.05, 0.1) is 30.1 Å². The van der Waals surface area contributed by atoms with Gasteiger partial charge in [-0.3, -0.25) is 0 Å². The minimum absolute atomic E-state index is 0.198. The Morgan fingerprint density at radius 3 is 2.71 bits per heavy atom. The topological polar surface area (TPSA) is 71.1 Å². The Kier molecular flexibility index (Phi) is 4.78. The Bertz CT molecular complexity index is 862. The van der Waals surface area contributed by atoms with Crippen molar-refractivity contribution in [2.24, 2.45) is 0 Å². The number of aromatic nitrogens is 2. The normalized spacial score (nSPS) is 12.0. The van der Waals surface area contributed by atoms with E-state index < -0.39 is 6.10 Å². The van der Waals surface area contributed by atoms with Crippen molar-refractivity contribution in [3.8, 4) is 11.8 Å². The van der Waals surface area contributed by atoms with E-state index in [2.05, 4.69) is 11.1 Å². The van der Waals surface area contributed by atoms with Crippen molar-refractivity contribution in [3.63, 3.8) is 0 Å². The first-order chi connectivity index (χ1) is 11.7. The van der Waals surface area contributed by atoms with Gasteiger partial charge < -0.3 is 14.4 Å². The van der Waals surface area contributed by atoms with Crippen molar-refractivity contribution in [2.75, 3.05) is 6.61 Å². The molecule has 1 N–H and O–H groups in total. The maximum atomic E-state index is 10.3. The molecular formula is C19H19N3O2. The van der Waals surface area contributed by atoms with Crippen LogP contribution in [0.15, 0.2) is 48.5 Å². The third kappa shape index (κ3) is 3.55. The fraction of sp³-hybridized carbons (Fsp3) is 0.263. The minimum Gasteiger partial charge on any atom is -0.491 e. The summed E-state index contributed by atoms with van der Waals surface area (Å²) in [7, 11) is 0. The summed E-state index contributed by atoms with van der Waals surface area (Å²) >= 11 is 0. The lowest BCUT2D eigenvalue weighted by atomic mass is 10.2. The molecule has 0 spiro atoms. The lowest BCUT2D eigenvalue weighted by Gasteiger charge is -2.15. The molecule has 0 fully saturated rings. The van der Waals surface area contributed by atoms with Crippen LogP contribution in [0.5, 0.6) is 5.75 Å². The number of ether oxygens (including phenoxy) is 1. The molecule has 5 nitrogen and oxygen atoms in total. The molecule has 5 heteroatoms. The predicted octanol–water partition coefficient (Wildman–Crippen LogP) is 2.85. The molecule has 2 aromatic carbocycles. The van der Waals surface area contributed by atoms with Gasteiger partial charge in [0.25, 0.3) is 0 Å². The third-order valence-electron chi connectivity index (χ3n) is 3.89. The maximum Gasteiger partial charge on any atom is 0.119 e. The monoisotopic (exact) mass is 321 g/mol. The highest BCUT2D eigenvalue weighted by Gasteiger charge is 2.12. The van der Waals surface area contributed by atoms with Crippen LogP contribution >= 0.6 is 0 Å². The molecule has 3 rings (SSSR count). The molecule has 1 heterocycles. The van der Waals surface area contributed by atoms with E-state index in [1.807, 2.05) is 60.0 Å². The van der Waals surface area contributed by atoms with Crippen LogP contribution in [0, 0.1) is 18.3 Å². The molecule has 1 atom stereocenters. The molecule has 122 valence electrons. The predicted molar refractivity (Wildman–Crippen MR) is 91.7 cm³/mol. The van der Waals surface area contributed by atoms with Gasteiger partial charge in [-0.05, 0) is 36.8 Å². The number of fused-ring (bicyclic) bond motifs is 1. The molecule has 3 aromatic rings. The number of imidazole rings is 1. The van der Waals surface area contributed by atoms with E-state index in [-0.39, 0.29) is 6.61 Å². The molecule has 0 radical (unpaired) electrons. The average molecular weight is 321 g/mol. The Morgan fingerprint density at radius 1 is 1.21 bits per heavy atom. The summed E-state index contributed by atoms with van der Waals surface area (Å²) in [5.41, 5.74) is 2.89. The molecule has 1 unspecified atom stereocenters. The van der Waals surface area contributed by atoms with E-state index in [0.29, 0.717) is 18.7 Å². The number of rotatable bonds is 6. The molecule has 0 aliphatic carbocycles. The fourth-order valence-electron chi connectivity index (χ4n) is 2.68. The molecule has 0 bridgehead atoms. The first-order valence-corrected chi connectivity index (χ1v) is 7.86. The number of aryl methyl sites for hydroxylation is 1. The molecule has 24 heavy (non-hydrogen) atoms. The SMILES string of the molecule is Cc1nc2ccccc2n1CC(O)COc1ccc(CC#N)cc1. The van der Waals surface area contributed by atoms with Gasteiger partial charge in [0.2, 0.25) is 0 Å². The van der Waals surface area contributed by atoms with Crippen LogP contribution in [0.25, 0.3) is 11.0 Å². The number of hydrogen-bond acceptors (Lipinski definition) is 4. The van der Waals surface area contributed by atoms with E-state index in [1.165, 1.54) is 0 Å². The molecule has 1 aromatic heterocycles. The van der Waals surface area contributed by atoms with Crippen LogP contribution in [-0.2, 0) is 13.0 Å². The van der Waals surface area contributed by atoms with E-state index in [1.54, 1.807) is 0 Å². The van der Waals surface area contributed by atoms with Gasteiger partial charge in [-0.15, -0.1) is 0 Å². The Labute approximate surface area is 140 Å². The largest absolute Gasteiger partial charge is 0.491 e. The zero-order chi connectivity index (χ0) is 16.9. The second kappa shape index (κ2) is 7.16. The lowest BCUT2D eigenvalue weighted by molar-refractivity contribution is 0.0929. The summed E-state index contributed by atoms with van der Waals surface area (Å²) < 4.78 is 7.63. The molecular weight excluding hydrogens is 302 g/mol. The summed E-state index contributed by atoms with van der Waals surface area (Å²) in [5, 5.41) is 19.0. The van der Waals surface area contributed by atoms with Crippen LogP contribution < -0.4 is 4.74 Å². The zero-order valence-corrected chi connectivity index (χ0v) is 13.5. The van der Waals surface area contributed by atoms with E-state index in [0.717, 1.165) is 22.4 Å². The van der Waals surface area contributed by atoms with Gasteiger partial charge in [-0.2, -0.15) is 5.26 Å². The maximum absolute atomic E-state index is 10.3. The van der Waals surface area contributed by atoms with Crippen molar-refractivity contribution in [2.45, 2.75) is 26.0 Å². The van der Waals surface area contributed by atoms with E-state index in [9.17, 15) is 5.11 Å². The average Bonchev–Trinajstić information content (AvgIpc) is 2.90. The smallest absolute Gasteiger partial charge is 0.119 e. The number of nitriles is 1. The highest BCUT2D eigenvalue weighted by molar-refractivity contribution is 5.75. The molecule has 0 saturated carbocycles. The number of aliphatic hydroxyl groups excluding tert-OH is 1. The van der Waals surface area contributed by atoms with Crippen molar-refractivity contribution < 1.29 is 9.84 Å². The van der Waals surface area contributed by atoms with Crippen LogP contribution in [0.3, 0.4) is 0 Å².